The van der Waals surface area contributed by atoms with Crippen molar-refractivity contribution in [3.8, 4) is 0 Å². The second-order valence-electron chi connectivity index (χ2n) is 7.86. The van der Waals surface area contributed by atoms with Gasteiger partial charge >= 0.3 is 5.97 Å². The van der Waals surface area contributed by atoms with E-state index in [0.717, 1.165) is 16.7 Å². The maximum atomic E-state index is 13.1. The molecule has 30 heavy (non-hydrogen) atoms. The van der Waals surface area contributed by atoms with E-state index < -0.39 is 22.0 Å². The van der Waals surface area contributed by atoms with Crippen LogP contribution in [0.15, 0.2) is 41.3 Å². The number of sulfonamides is 1. The Morgan fingerprint density at radius 3 is 2.50 bits per heavy atom. The molecule has 0 saturated heterocycles. The number of benzene rings is 2. The average Bonchev–Trinajstić information content (AvgIpc) is 2.95. The first-order valence-corrected chi connectivity index (χ1v) is 11.2. The Labute approximate surface area is 176 Å². The molecule has 1 aliphatic heterocycles. The lowest BCUT2D eigenvalue weighted by atomic mass is 9.98. The molecule has 1 amide bonds. The van der Waals surface area contributed by atoms with Gasteiger partial charge in [-0.25, -0.2) is 13.1 Å². The van der Waals surface area contributed by atoms with Crippen molar-refractivity contribution < 1.29 is 23.1 Å². The first-order valence-electron chi connectivity index (χ1n) is 9.73. The van der Waals surface area contributed by atoms with Gasteiger partial charge in [-0.1, -0.05) is 23.8 Å². The molecule has 1 aliphatic rings. The van der Waals surface area contributed by atoms with Gasteiger partial charge in [-0.3, -0.25) is 9.59 Å². The molecule has 0 aliphatic carbocycles. The van der Waals surface area contributed by atoms with E-state index in [1.807, 2.05) is 32.9 Å². The minimum absolute atomic E-state index is 0.0432. The molecule has 0 unspecified atom stereocenters. The highest BCUT2D eigenvalue weighted by Crippen LogP contribution is 2.34. The minimum atomic E-state index is -3.97. The van der Waals surface area contributed by atoms with Crippen molar-refractivity contribution in [1.82, 2.24) is 4.72 Å². The van der Waals surface area contributed by atoms with Crippen molar-refractivity contribution in [2.45, 2.75) is 57.5 Å². The number of carbonyl (C=O) groups excluding carboxylic acids is 1. The molecule has 160 valence electrons. The van der Waals surface area contributed by atoms with E-state index in [2.05, 4.69) is 4.72 Å². The van der Waals surface area contributed by atoms with Gasteiger partial charge < -0.3 is 10.0 Å². The van der Waals surface area contributed by atoms with E-state index in [9.17, 15) is 23.1 Å². The largest absolute Gasteiger partial charge is 0.481 e. The van der Waals surface area contributed by atoms with Crippen LogP contribution in [0, 0.1) is 13.8 Å². The summed E-state index contributed by atoms with van der Waals surface area (Å²) in [7, 11) is -3.97. The summed E-state index contributed by atoms with van der Waals surface area (Å²) in [5, 5.41) is 9.32. The molecular formula is C22H26N2O5S. The molecule has 0 radical (unpaired) electrons. The number of aliphatic carboxylic acids is 1. The number of carboxylic acid groups (broad SMARTS) is 1. The summed E-state index contributed by atoms with van der Waals surface area (Å²) in [6.07, 6.45) is 0.192. The Balaban J connectivity index is 1.95. The lowest BCUT2D eigenvalue weighted by Gasteiger charge is -2.21. The fraction of sp³-hybridized carbons (Fsp3) is 0.364. The van der Waals surface area contributed by atoms with Crippen molar-refractivity contribution in [3.63, 3.8) is 0 Å². The summed E-state index contributed by atoms with van der Waals surface area (Å²) in [6.45, 7) is 7.15. The van der Waals surface area contributed by atoms with E-state index in [-0.39, 0.29) is 23.3 Å². The third-order valence-electron chi connectivity index (χ3n) is 5.39. The number of fused-ring (bicyclic) bond motifs is 1. The summed E-state index contributed by atoms with van der Waals surface area (Å²) in [6, 6.07) is 9.21. The van der Waals surface area contributed by atoms with Crippen LogP contribution >= 0.6 is 0 Å². The van der Waals surface area contributed by atoms with Crippen LogP contribution in [-0.2, 0) is 26.0 Å². The van der Waals surface area contributed by atoms with Crippen LogP contribution in [0.2, 0.25) is 0 Å². The number of carboxylic acids is 1. The SMILES string of the molecule is CC(=O)N1c2ccc(S(=O)(=O)N[C@H](CC(=O)O)c3ccc(C)cc3C)cc2C[C@@H]1C. The van der Waals surface area contributed by atoms with Gasteiger partial charge in [-0.2, -0.15) is 0 Å². The molecule has 8 heteroatoms. The van der Waals surface area contributed by atoms with Crippen molar-refractivity contribution in [1.29, 1.82) is 0 Å². The van der Waals surface area contributed by atoms with Crippen LogP contribution in [0.3, 0.4) is 0 Å². The molecule has 2 N–H and O–H groups in total. The Kier molecular flexibility index (Phi) is 6.01. The maximum absolute atomic E-state index is 13.1. The van der Waals surface area contributed by atoms with E-state index in [1.54, 1.807) is 23.1 Å². The predicted octanol–water partition coefficient (Wildman–Crippen LogP) is 3.10. The lowest BCUT2D eigenvalue weighted by molar-refractivity contribution is -0.137. The highest BCUT2D eigenvalue weighted by molar-refractivity contribution is 7.89. The van der Waals surface area contributed by atoms with E-state index in [1.165, 1.54) is 13.0 Å². The number of anilines is 1. The molecule has 7 nitrogen and oxygen atoms in total. The van der Waals surface area contributed by atoms with Crippen LogP contribution in [0.1, 0.15) is 48.6 Å². The molecule has 2 atom stereocenters. The molecular weight excluding hydrogens is 404 g/mol. The van der Waals surface area contributed by atoms with Crippen LogP contribution in [0.4, 0.5) is 5.69 Å². The first kappa shape index (κ1) is 22.0. The van der Waals surface area contributed by atoms with E-state index in [4.69, 9.17) is 0 Å². The molecule has 0 bridgehead atoms. The third kappa shape index (κ3) is 4.39. The van der Waals surface area contributed by atoms with E-state index >= 15 is 0 Å². The van der Waals surface area contributed by atoms with Gasteiger partial charge in [0.15, 0.2) is 0 Å². The standard InChI is InChI=1S/C22H26N2O5S/c1-13-5-7-19(14(2)9-13)20(12-22(26)27)23-30(28,29)18-6-8-21-17(11-18)10-15(3)24(21)16(4)25/h5-9,11,15,20,23H,10,12H2,1-4H3,(H,26,27)/t15-,20+/m0/s1. The summed E-state index contributed by atoms with van der Waals surface area (Å²) < 4.78 is 28.7. The molecule has 0 saturated carbocycles. The smallest absolute Gasteiger partial charge is 0.305 e. The van der Waals surface area contributed by atoms with Crippen molar-refractivity contribution in [2.24, 2.45) is 0 Å². The Hall–Kier alpha value is -2.71. The molecule has 2 aromatic carbocycles. The average molecular weight is 431 g/mol. The number of nitrogens with one attached hydrogen (secondary N) is 1. The maximum Gasteiger partial charge on any atom is 0.305 e. The number of nitrogens with zero attached hydrogens (tertiary/aromatic N) is 1. The number of amides is 1. The van der Waals surface area contributed by atoms with Crippen LogP contribution in [0.5, 0.6) is 0 Å². The van der Waals surface area contributed by atoms with Crippen molar-refractivity contribution >= 4 is 27.6 Å². The highest BCUT2D eigenvalue weighted by atomic mass is 32.2. The quantitative estimate of drug-likeness (QED) is 0.733. The summed E-state index contributed by atoms with van der Waals surface area (Å²) in [4.78, 5) is 25.0. The lowest BCUT2D eigenvalue weighted by Crippen LogP contribution is -2.33. The summed E-state index contributed by atoms with van der Waals surface area (Å²) >= 11 is 0. The Morgan fingerprint density at radius 2 is 1.90 bits per heavy atom. The van der Waals surface area contributed by atoms with Crippen LogP contribution in [0.25, 0.3) is 0 Å². The predicted molar refractivity (Wildman–Crippen MR) is 114 cm³/mol. The second-order valence-corrected chi connectivity index (χ2v) is 9.58. The fourth-order valence-corrected chi connectivity index (χ4v) is 5.38. The number of rotatable bonds is 6. The van der Waals surface area contributed by atoms with Gasteiger partial charge in [0.05, 0.1) is 17.4 Å². The number of hydrogen-bond acceptors (Lipinski definition) is 4. The minimum Gasteiger partial charge on any atom is -0.481 e. The second kappa shape index (κ2) is 8.20. The van der Waals surface area contributed by atoms with Gasteiger partial charge in [0.1, 0.15) is 0 Å². The molecule has 2 aromatic rings. The van der Waals surface area contributed by atoms with Gasteiger partial charge in [-0.05, 0) is 62.1 Å². The van der Waals surface area contributed by atoms with Crippen LogP contribution < -0.4 is 9.62 Å². The Morgan fingerprint density at radius 1 is 1.20 bits per heavy atom. The zero-order valence-corrected chi connectivity index (χ0v) is 18.3. The topological polar surface area (TPSA) is 104 Å². The van der Waals surface area contributed by atoms with Crippen LogP contribution in [-0.4, -0.2) is 31.4 Å². The van der Waals surface area contributed by atoms with Gasteiger partial charge in [0.2, 0.25) is 15.9 Å². The number of aryl methyl sites for hydroxylation is 2. The summed E-state index contributed by atoms with van der Waals surface area (Å²) in [5.41, 5.74) is 3.95. The first-order chi connectivity index (χ1) is 14.0. The zero-order chi connectivity index (χ0) is 22.2. The molecule has 0 aromatic heterocycles. The normalized spacial score (nSPS) is 16.9. The number of hydrogen-bond donors (Lipinski definition) is 2. The van der Waals surface area contributed by atoms with Gasteiger partial charge in [0.25, 0.3) is 0 Å². The zero-order valence-electron chi connectivity index (χ0n) is 17.5. The highest BCUT2D eigenvalue weighted by Gasteiger charge is 2.31. The number of carbonyl (C=O) groups is 2. The van der Waals surface area contributed by atoms with Gasteiger partial charge in [0, 0.05) is 18.7 Å². The van der Waals surface area contributed by atoms with Gasteiger partial charge in [-0.15, -0.1) is 0 Å². The molecule has 0 spiro atoms. The monoisotopic (exact) mass is 430 g/mol. The molecule has 1 heterocycles. The molecule has 3 rings (SSSR count). The Bertz CT molecular complexity index is 1110. The third-order valence-corrected chi connectivity index (χ3v) is 6.86. The molecule has 0 fully saturated rings. The van der Waals surface area contributed by atoms with E-state index in [0.29, 0.717) is 17.7 Å². The van der Waals surface area contributed by atoms with Crippen molar-refractivity contribution in [2.75, 3.05) is 4.90 Å². The van der Waals surface area contributed by atoms with Crippen molar-refractivity contribution in [3.05, 3.63) is 58.7 Å². The fourth-order valence-electron chi connectivity index (χ4n) is 4.12. The summed E-state index contributed by atoms with van der Waals surface area (Å²) in [5.74, 6) is -1.19.